The number of ether oxygens (including phenoxy) is 2. The number of carbonyl (C=O) groups is 1. The fourth-order valence-electron chi connectivity index (χ4n) is 3.14. The van der Waals surface area contributed by atoms with Gasteiger partial charge >= 0.3 is 5.97 Å². The number of benzene rings is 2. The van der Waals surface area contributed by atoms with Gasteiger partial charge < -0.3 is 9.47 Å². The maximum atomic E-state index is 11.7. The van der Waals surface area contributed by atoms with Crippen LogP contribution in [0.2, 0.25) is 0 Å². The van der Waals surface area contributed by atoms with Crippen LogP contribution in [0, 0.1) is 0 Å². The lowest BCUT2D eigenvalue weighted by Crippen LogP contribution is -2.11. The van der Waals surface area contributed by atoms with Crippen molar-refractivity contribution in [2.75, 3.05) is 13.7 Å². The van der Waals surface area contributed by atoms with Gasteiger partial charge in [0.1, 0.15) is 5.75 Å². The number of esters is 1. The summed E-state index contributed by atoms with van der Waals surface area (Å²) in [7, 11) is 1.41. The summed E-state index contributed by atoms with van der Waals surface area (Å²) in [6, 6.07) is 16.6. The van der Waals surface area contributed by atoms with E-state index in [1.165, 1.54) is 18.2 Å². The molecule has 3 rings (SSSR count). The Morgan fingerprint density at radius 1 is 1.12 bits per heavy atom. The van der Waals surface area contributed by atoms with Gasteiger partial charge in [-0.3, -0.25) is 0 Å². The van der Waals surface area contributed by atoms with Crippen LogP contribution in [0.3, 0.4) is 0 Å². The van der Waals surface area contributed by atoms with E-state index in [0.717, 1.165) is 42.6 Å². The van der Waals surface area contributed by atoms with Crippen molar-refractivity contribution in [2.24, 2.45) is 0 Å². The van der Waals surface area contributed by atoms with E-state index in [4.69, 9.17) is 9.47 Å². The van der Waals surface area contributed by atoms with E-state index in [-0.39, 0.29) is 5.97 Å². The minimum Gasteiger partial charge on any atom is -0.493 e. The second-order valence-corrected chi connectivity index (χ2v) is 5.92. The van der Waals surface area contributed by atoms with E-state index in [9.17, 15) is 4.79 Å². The standard InChI is InChI=1S/C21H22O3/c1-23-20(22)15-18-13-14-24-19-12-6-11-17(21(18)19)10-5-9-16-7-3-2-4-8-16/h2-4,6-8,11-12,15H,5,9-10,13-14H2,1H3/b18-15+. The molecule has 0 atom stereocenters. The number of hydrogen-bond donors (Lipinski definition) is 0. The average molecular weight is 322 g/mol. The molecule has 0 N–H and O–H groups in total. The summed E-state index contributed by atoms with van der Waals surface area (Å²) in [5.74, 6) is 0.561. The van der Waals surface area contributed by atoms with Crippen molar-refractivity contribution in [2.45, 2.75) is 25.7 Å². The van der Waals surface area contributed by atoms with Crippen LogP contribution in [0.15, 0.2) is 54.6 Å². The molecule has 0 saturated carbocycles. The monoisotopic (exact) mass is 322 g/mol. The molecule has 3 heteroatoms. The molecule has 0 aromatic heterocycles. The van der Waals surface area contributed by atoms with Crippen molar-refractivity contribution < 1.29 is 14.3 Å². The van der Waals surface area contributed by atoms with E-state index in [1.54, 1.807) is 6.08 Å². The molecule has 2 aromatic rings. The normalized spacial score (nSPS) is 14.8. The molecule has 0 fully saturated rings. The molecule has 0 unspecified atom stereocenters. The molecular weight excluding hydrogens is 300 g/mol. The van der Waals surface area contributed by atoms with Crippen LogP contribution < -0.4 is 4.74 Å². The summed E-state index contributed by atoms with van der Waals surface area (Å²) in [4.78, 5) is 11.7. The van der Waals surface area contributed by atoms with Gasteiger partial charge in [-0.05, 0) is 42.0 Å². The number of hydrogen-bond acceptors (Lipinski definition) is 3. The van der Waals surface area contributed by atoms with Crippen molar-refractivity contribution >= 4 is 11.5 Å². The molecular formula is C21H22O3. The number of fused-ring (bicyclic) bond motifs is 1. The Bertz CT molecular complexity index is 732. The molecule has 0 radical (unpaired) electrons. The first kappa shape index (κ1) is 16.3. The summed E-state index contributed by atoms with van der Waals surface area (Å²) in [5.41, 5.74) is 4.67. The molecule has 1 aliphatic heterocycles. The van der Waals surface area contributed by atoms with E-state index >= 15 is 0 Å². The lowest BCUT2D eigenvalue weighted by molar-refractivity contribution is -0.134. The van der Waals surface area contributed by atoms with Gasteiger partial charge in [0, 0.05) is 18.1 Å². The molecule has 24 heavy (non-hydrogen) atoms. The van der Waals surface area contributed by atoms with Crippen LogP contribution >= 0.6 is 0 Å². The topological polar surface area (TPSA) is 35.5 Å². The van der Waals surface area contributed by atoms with E-state index in [0.29, 0.717) is 6.61 Å². The molecule has 0 saturated heterocycles. The highest BCUT2D eigenvalue weighted by molar-refractivity contribution is 5.93. The van der Waals surface area contributed by atoms with Gasteiger partial charge in [-0.2, -0.15) is 0 Å². The van der Waals surface area contributed by atoms with Crippen LogP contribution in [0.5, 0.6) is 5.75 Å². The molecule has 0 bridgehead atoms. The maximum Gasteiger partial charge on any atom is 0.330 e. The highest BCUT2D eigenvalue weighted by Gasteiger charge is 2.19. The van der Waals surface area contributed by atoms with Crippen molar-refractivity contribution in [1.29, 1.82) is 0 Å². The van der Waals surface area contributed by atoms with Gasteiger partial charge in [0.25, 0.3) is 0 Å². The summed E-state index contributed by atoms with van der Waals surface area (Å²) in [6.07, 6.45) is 5.40. The molecule has 3 nitrogen and oxygen atoms in total. The van der Waals surface area contributed by atoms with Gasteiger partial charge in [-0.1, -0.05) is 42.5 Å². The first-order valence-corrected chi connectivity index (χ1v) is 8.35. The summed E-state index contributed by atoms with van der Waals surface area (Å²) < 4.78 is 10.6. The third-order valence-corrected chi connectivity index (χ3v) is 4.31. The highest BCUT2D eigenvalue weighted by Crippen LogP contribution is 2.36. The maximum absolute atomic E-state index is 11.7. The second kappa shape index (κ2) is 7.82. The molecule has 1 heterocycles. The fourth-order valence-corrected chi connectivity index (χ4v) is 3.14. The molecule has 0 aliphatic carbocycles. The largest absolute Gasteiger partial charge is 0.493 e. The molecule has 0 amide bonds. The van der Waals surface area contributed by atoms with Crippen molar-refractivity contribution in [3.05, 3.63) is 71.3 Å². The number of rotatable bonds is 5. The van der Waals surface area contributed by atoms with Crippen LogP contribution in [0.1, 0.15) is 29.5 Å². The smallest absolute Gasteiger partial charge is 0.330 e. The van der Waals surface area contributed by atoms with Crippen LogP contribution in [0.4, 0.5) is 0 Å². The van der Waals surface area contributed by atoms with Crippen molar-refractivity contribution in [3.63, 3.8) is 0 Å². The third-order valence-electron chi connectivity index (χ3n) is 4.31. The molecule has 0 spiro atoms. The van der Waals surface area contributed by atoms with Gasteiger partial charge in [0.05, 0.1) is 13.7 Å². The average Bonchev–Trinajstić information content (AvgIpc) is 2.63. The molecule has 2 aromatic carbocycles. The Morgan fingerprint density at radius 2 is 1.96 bits per heavy atom. The minimum absolute atomic E-state index is 0.308. The van der Waals surface area contributed by atoms with E-state index in [1.807, 2.05) is 18.2 Å². The first-order valence-electron chi connectivity index (χ1n) is 8.35. The predicted octanol–water partition coefficient (Wildman–Crippen LogP) is 4.20. The number of aryl methyl sites for hydroxylation is 2. The summed E-state index contributed by atoms with van der Waals surface area (Å²) in [5, 5.41) is 0. The molecule has 124 valence electrons. The predicted molar refractivity (Wildman–Crippen MR) is 95.0 cm³/mol. The van der Waals surface area contributed by atoms with Gasteiger partial charge in [0.2, 0.25) is 0 Å². The quantitative estimate of drug-likeness (QED) is 0.611. The van der Waals surface area contributed by atoms with Crippen molar-refractivity contribution in [1.82, 2.24) is 0 Å². The highest BCUT2D eigenvalue weighted by atomic mass is 16.5. The SMILES string of the molecule is COC(=O)/C=C1\CCOc2cccc(CCCc3ccccc3)c21. The van der Waals surface area contributed by atoms with E-state index < -0.39 is 0 Å². The Morgan fingerprint density at radius 3 is 2.75 bits per heavy atom. The van der Waals surface area contributed by atoms with Gasteiger partial charge in [-0.25, -0.2) is 4.79 Å². The van der Waals surface area contributed by atoms with Crippen LogP contribution in [-0.4, -0.2) is 19.7 Å². The lowest BCUT2D eigenvalue weighted by Gasteiger charge is -2.23. The lowest BCUT2D eigenvalue weighted by atomic mass is 9.91. The third kappa shape index (κ3) is 3.85. The first-order chi connectivity index (χ1) is 11.8. The summed E-state index contributed by atoms with van der Waals surface area (Å²) >= 11 is 0. The Balaban J connectivity index is 1.79. The van der Waals surface area contributed by atoms with Gasteiger partial charge in [-0.15, -0.1) is 0 Å². The minimum atomic E-state index is -0.308. The fraction of sp³-hybridized carbons (Fsp3) is 0.286. The van der Waals surface area contributed by atoms with Crippen LogP contribution in [0.25, 0.3) is 5.57 Å². The Labute approximate surface area is 142 Å². The zero-order valence-electron chi connectivity index (χ0n) is 14.0. The number of carbonyl (C=O) groups excluding carboxylic acids is 1. The van der Waals surface area contributed by atoms with Crippen LogP contribution in [-0.2, 0) is 22.4 Å². The van der Waals surface area contributed by atoms with Crippen molar-refractivity contribution in [3.8, 4) is 5.75 Å². The van der Waals surface area contributed by atoms with E-state index in [2.05, 4.69) is 30.3 Å². The molecule has 1 aliphatic rings. The Kier molecular flexibility index (Phi) is 5.32. The Hall–Kier alpha value is -2.55. The summed E-state index contributed by atoms with van der Waals surface area (Å²) in [6.45, 7) is 0.600. The zero-order chi connectivity index (χ0) is 16.8. The second-order valence-electron chi connectivity index (χ2n) is 5.92. The zero-order valence-corrected chi connectivity index (χ0v) is 14.0. The van der Waals surface area contributed by atoms with Gasteiger partial charge in [0.15, 0.2) is 0 Å². The number of methoxy groups -OCH3 is 1.